The molecule has 0 bridgehead atoms. The first-order valence-corrected chi connectivity index (χ1v) is 8.65. The molecule has 1 aliphatic heterocycles. The van der Waals surface area contributed by atoms with E-state index in [1.54, 1.807) is 23.1 Å². The van der Waals surface area contributed by atoms with Crippen molar-refractivity contribution in [2.24, 2.45) is 0 Å². The molecule has 6 heteroatoms. The van der Waals surface area contributed by atoms with Gasteiger partial charge in [0.25, 0.3) is 5.91 Å². The van der Waals surface area contributed by atoms with E-state index < -0.39 is 0 Å². The van der Waals surface area contributed by atoms with Gasteiger partial charge in [0, 0.05) is 25.8 Å². The summed E-state index contributed by atoms with van der Waals surface area (Å²) in [6.45, 7) is 5.57. The molecule has 1 aliphatic rings. The standard InChI is InChI=1S/C19H23FN2O3/c1-13(2)17-10-18(25-21-17)19(23)22(12-16-4-3-9-24-16)11-14-5-7-15(20)8-6-14/h5-8,10,13,16H,3-4,9,11-12H2,1-2H3. The Morgan fingerprint density at radius 2 is 2.12 bits per heavy atom. The van der Waals surface area contributed by atoms with E-state index in [9.17, 15) is 9.18 Å². The minimum Gasteiger partial charge on any atom is -0.376 e. The van der Waals surface area contributed by atoms with Crippen LogP contribution in [-0.2, 0) is 11.3 Å². The highest BCUT2D eigenvalue weighted by Gasteiger charge is 2.26. The van der Waals surface area contributed by atoms with Crippen molar-refractivity contribution in [3.63, 3.8) is 0 Å². The molecule has 25 heavy (non-hydrogen) atoms. The number of carbonyl (C=O) groups is 1. The van der Waals surface area contributed by atoms with Crippen molar-refractivity contribution in [1.82, 2.24) is 10.1 Å². The van der Waals surface area contributed by atoms with Crippen LogP contribution in [0.5, 0.6) is 0 Å². The number of carbonyl (C=O) groups excluding carboxylic acids is 1. The Hall–Kier alpha value is -2.21. The predicted octanol–water partition coefficient (Wildman–Crippen LogP) is 3.76. The first-order valence-electron chi connectivity index (χ1n) is 8.65. The number of rotatable bonds is 6. The Morgan fingerprint density at radius 1 is 1.36 bits per heavy atom. The van der Waals surface area contributed by atoms with Crippen LogP contribution in [0.15, 0.2) is 34.9 Å². The lowest BCUT2D eigenvalue weighted by Gasteiger charge is -2.24. The number of hydrogen-bond donors (Lipinski definition) is 0. The van der Waals surface area contributed by atoms with Crippen LogP contribution in [0.4, 0.5) is 4.39 Å². The lowest BCUT2D eigenvalue weighted by atomic mass is 10.1. The van der Waals surface area contributed by atoms with Crippen LogP contribution < -0.4 is 0 Å². The molecule has 0 radical (unpaired) electrons. The lowest BCUT2D eigenvalue weighted by molar-refractivity contribution is 0.0477. The summed E-state index contributed by atoms with van der Waals surface area (Å²) < 4.78 is 24.0. The summed E-state index contributed by atoms with van der Waals surface area (Å²) in [5.41, 5.74) is 1.61. The fraction of sp³-hybridized carbons (Fsp3) is 0.474. The molecule has 3 rings (SSSR count). The normalized spacial score (nSPS) is 17.2. The topological polar surface area (TPSA) is 55.6 Å². The maximum atomic E-state index is 13.1. The van der Waals surface area contributed by atoms with Crippen LogP contribution >= 0.6 is 0 Å². The van der Waals surface area contributed by atoms with Crippen LogP contribution in [-0.4, -0.2) is 35.2 Å². The van der Waals surface area contributed by atoms with E-state index in [1.807, 2.05) is 13.8 Å². The molecule has 1 unspecified atom stereocenters. The van der Waals surface area contributed by atoms with E-state index in [4.69, 9.17) is 9.26 Å². The largest absolute Gasteiger partial charge is 0.376 e. The molecule has 134 valence electrons. The summed E-state index contributed by atoms with van der Waals surface area (Å²) in [5.74, 6) is -0.102. The Kier molecular flexibility index (Phi) is 5.48. The zero-order valence-electron chi connectivity index (χ0n) is 14.6. The molecular formula is C19H23FN2O3. The van der Waals surface area contributed by atoms with Crippen LogP contribution in [0.2, 0.25) is 0 Å². The van der Waals surface area contributed by atoms with Gasteiger partial charge in [0.15, 0.2) is 0 Å². The summed E-state index contributed by atoms with van der Waals surface area (Å²) in [7, 11) is 0. The highest BCUT2D eigenvalue weighted by atomic mass is 19.1. The van der Waals surface area contributed by atoms with Crippen molar-refractivity contribution in [2.75, 3.05) is 13.2 Å². The average molecular weight is 346 g/mol. The summed E-state index contributed by atoms with van der Waals surface area (Å²) in [5, 5.41) is 3.97. The number of ether oxygens (including phenoxy) is 1. The highest BCUT2D eigenvalue weighted by molar-refractivity contribution is 5.91. The first-order chi connectivity index (χ1) is 12.0. The van der Waals surface area contributed by atoms with Gasteiger partial charge in [-0.3, -0.25) is 4.79 Å². The van der Waals surface area contributed by atoms with Crippen molar-refractivity contribution in [1.29, 1.82) is 0 Å². The van der Waals surface area contributed by atoms with Gasteiger partial charge >= 0.3 is 0 Å². The van der Waals surface area contributed by atoms with Crippen LogP contribution in [0, 0.1) is 5.82 Å². The SMILES string of the molecule is CC(C)c1cc(C(=O)N(Cc2ccc(F)cc2)CC2CCCO2)on1. The summed E-state index contributed by atoms with van der Waals surface area (Å²) >= 11 is 0. The van der Waals surface area contributed by atoms with E-state index in [-0.39, 0.29) is 29.5 Å². The van der Waals surface area contributed by atoms with E-state index >= 15 is 0 Å². The number of nitrogens with zero attached hydrogens (tertiary/aromatic N) is 2. The minimum atomic E-state index is -0.294. The maximum absolute atomic E-state index is 13.1. The Labute approximate surface area is 146 Å². The molecule has 2 heterocycles. The summed E-state index contributed by atoms with van der Waals surface area (Å²) in [6, 6.07) is 7.86. The van der Waals surface area contributed by atoms with E-state index in [0.29, 0.717) is 13.1 Å². The summed E-state index contributed by atoms with van der Waals surface area (Å²) in [6.07, 6.45) is 1.96. The molecule has 0 N–H and O–H groups in total. The Balaban J connectivity index is 1.78. The van der Waals surface area contributed by atoms with Crippen LogP contribution in [0.3, 0.4) is 0 Å². The maximum Gasteiger partial charge on any atom is 0.292 e. The molecule has 1 aromatic carbocycles. The smallest absolute Gasteiger partial charge is 0.292 e. The van der Waals surface area contributed by atoms with Crippen molar-refractivity contribution >= 4 is 5.91 Å². The molecule has 5 nitrogen and oxygen atoms in total. The molecule has 1 amide bonds. The molecule has 1 fully saturated rings. The first kappa shape index (κ1) is 17.6. The zero-order valence-corrected chi connectivity index (χ0v) is 14.6. The third kappa shape index (κ3) is 4.45. The second-order valence-corrected chi connectivity index (χ2v) is 6.72. The van der Waals surface area contributed by atoms with Gasteiger partial charge in [0.05, 0.1) is 11.8 Å². The minimum absolute atomic E-state index is 0.0249. The van der Waals surface area contributed by atoms with Crippen molar-refractivity contribution in [3.8, 4) is 0 Å². The van der Waals surface area contributed by atoms with Crippen LogP contribution in [0.25, 0.3) is 0 Å². The number of benzene rings is 1. The third-order valence-electron chi connectivity index (χ3n) is 4.35. The number of hydrogen-bond acceptors (Lipinski definition) is 4. The fourth-order valence-corrected chi connectivity index (χ4v) is 2.88. The molecule has 2 aromatic rings. The fourth-order valence-electron chi connectivity index (χ4n) is 2.88. The van der Waals surface area contributed by atoms with Gasteiger partial charge < -0.3 is 14.2 Å². The van der Waals surface area contributed by atoms with E-state index in [0.717, 1.165) is 30.7 Å². The van der Waals surface area contributed by atoms with Crippen molar-refractivity contribution in [2.45, 2.75) is 45.3 Å². The zero-order chi connectivity index (χ0) is 17.8. The Morgan fingerprint density at radius 3 is 2.72 bits per heavy atom. The van der Waals surface area contributed by atoms with Gasteiger partial charge in [-0.1, -0.05) is 31.1 Å². The van der Waals surface area contributed by atoms with Gasteiger partial charge in [-0.05, 0) is 36.5 Å². The number of aromatic nitrogens is 1. The second-order valence-electron chi connectivity index (χ2n) is 6.72. The molecule has 0 aliphatic carbocycles. The van der Waals surface area contributed by atoms with Gasteiger partial charge in [-0.25, -0.2) is 4.39 Å². The second kappa shape index (κ2) is 7.78. The van der Waals surface area contributed by atoms with E-state index in [1.165, 1.54) is 12.1 Å². The molecule has 0 spiro atoms. The number of halogens is 1. The average Bonchev–Trinajstić information content (AvgIpc) is 3.27. The molecule has 1 saturated heterocycles. The van der Waals surface area contributed by atoms with Crippen LogP contribution in [0.1, 0.15) is 54.4 Å². The lowest BCUT2D eigenvalue weighted by Crippen LogP contribution is -2.36. The highest BCUT2D eigenvalue weighted by Crippen LogP contribution is 2.20. The predicted molar refractivity (Wildman–Crippen MR) is 90.7 cm³/mol. The van der Waals surface area contributed by atoms with Gasteiger partial charge in [-0.15, -0.1) is 0 Å². The number of amides is 1. The van der Waals surface area contributed by atoms with Gasteiger partial charge in [0.2, 0.25) is 5.76 Å². The molecule has 1 aromatic heterocycles. The van der Waals surface area contributed by atoms with Crippen molar-refractivity contribution < 1.29 is 18.4 Å². The Bertz CT molecular complexity index is 706. The summed E-state index contributed by atoms with van der Waals surface area (Å²) in [4.78, 5) is 14.6. The monoisotopic (exact) mass is 346 g/mol. The third-order valence-corrected chi connectivity index (χ3v) is 4.35. The quantitative estimate of drug-likeness (QED) is 0.799. The van der Waals surface area contributed by atoms with Crippen molar-refractivity contribution in [3.05, 3.63) is 53.2 Å². The molecular weight excluding hydrogens is 323 g/mol. The molecule has 1 atom stereocenters. The van der Waals surface area contributed by atoms with Gasteiger partial charge in [0.1, 0.15) is 5.82 Å². The van der Waals surface area contributed by atoms with E-state index in [2.05, 4.69) is 5.16 Å². The van der Waals surface area contributed by atoms with Gasteiger partial charge in [-0.2, -0.15) is 0 Å². The molecule has 0 saturated carbocycles.